The molecule has 0 aliphatic rings. The summed E-state index contributed by atoms with van der Waals surface area (Å²) in [5, 5.41) is 3.02. The van der Waals surface area contributed by atoms with E-state index >= 15 is 0 Å². The first-order valence-corrected chi connectivity index (χ1v) is 5.82. The van der Waals surface area contributed by atoms with Crippen molar-refractivity contribution in [1.82, 2.24) is 0 Å². The van der Waals surface area contributed by atoms with Gasteiger partial charge in [0.1, 0.15) is 5.75 Å². The Bertz CT molecular complexity index is 612. The van der Waals surface area contributed by atoms with Gasteiger partial charge in [0.2, 0.25) is 0 Å². The SMILES string of the molecule is Cc1cc(N)ccc1Nc1cccc(OC(F)(F)F)c1. The van der Waals surface area contributed by atoms with Gasteiger partial charge >= 0.3 is 6.36 Å². The summed E-state index contributed by atoms with van der Waals surface area (Å²) < 4.78 is 40.3. The summed E-state index contributed by atoms with van der Waals surface area (Å²) in [6, 6.07) is 10.9. The highest BCUT2D eigenvalue weighted by Crippen LogP contribution is 2.28. The van der Waals surface area contributed by atoms with Crippen LogP contribution in [-0.2, 0) is 0 Å². The summed E-state index contributed by atoms with van der Waals surface area (Å²) in [6.07, 6.45) is -4.70. The number of nitrogens with two attached hydrogens (primary N) is 1. The molecule has 0 atom stereocenters. The molecule has 0 bridgehead atoms. The monoisotopic (exact) mass is 282 g/mol. The largest absolute Gasteiger partial charge is 0.573 e. The standard InChI is InChI=1S/C14H13F3N2O/c1-9-7-10(18)5-6-13(9)19-11-3-2-4-12(8-11)20-14(15,16)17/h2-8,19H,18H2,1H3. The first kappa shape index (κ1) is 14.0. The Labute approximate surface area is 114 Å². The molecule has 0 heterocycles. The number of halogens is 3. The molecule has 20 heavy (non-hydrogen) atoms. The van der Waals surface area contributed by atoms with Gasteiger partial charge in [-0.25, -0.2) is 0 Å². The van der Waals surface area contributed by atoms with Crippen LogP contribution < -0.4 is 15.8 Å². The number of nitrogen functional groups attached to an aromatic ring is 1. The molecule has 0 saturated heterocycles. The highest BCUT2D eigenvalue weighted by atomic mass is 19.4. The number of anilines is 3. The van der Waals surface area contributed by atoms with E-state index in [4.69, 9.17) is 5.73 Å². The lowest BCUT2D eigenvalue weighted by atomic mass is 10.1. The van der Waals surface area contributed by atoms with Crippen LogP contribution in [-0.4, -0.2) is 6.36 Å². The Morgan fingerprint density at radius 3 is 2.50 bits per heavy atom. The summed E-state index contributed by atoms with van der Waals surface area (Å²) in [4.78, 5) is 0. The van der Waals surface area contributed by atoms with Crippen LogP contribution in [0, 0.1) is 6.92 Å². The van der Waals surface area contributed by atoms with Crippen LogP contribution in [0.1, 0.15) is 5.56 Å². The van der Waals surface area contributed by atoms with E-state index in [0.717, 1.165) is 11.3 Å². The zero-order chi connectivity index (χ0) is 14.8. The van der Waals surface area contributed by atoms with Gasteiger partial charge in [0, 0.05) is 23.1 Å². The van der Waals surface area contributed by atoms with Crippen LogP contribution in [0.5, 0.6) is 5.75 Å². The quantitative estimate of drug-likeness (QED) is 0.829. The fraction of sp³-hybridized carbons (Fsp3) is 0.143. The number of nitrogens with one attached hydrogen (secondary N) is 1. The van der Waals surface area contributed by atoms with E-state index in [0.29, 0.717) is 11.4 Å². The topological polar surface area (TPSA) is 47.3 Å². The maximum Gasteiger partial charge on any atom is 0.573 e. The summed E-state index contributed by atoms with van der Waals surface area (Å²) in [5.41, 5.74) is 8.43. The van der Waals surface area contributed by atoms with Gasteiger partial charge in [-0.15, -0.1) is 13.2 Å². The number of benzene rings is 2. The zero-order valence-corrected chi connectivity index (χ0v) is 10.7. The van der Waals surface area contributed by atoms with E-state index in [1.807, 2.05) is 6.92 Å². The van der Waals surface area contributed by atoms with Crippen LogP contribution in [0.2, 0.25) is 0 Å². The maximum absolute atomic E-state index is 12.2. The van der Waals surface area contributed by atoms with Crippen molar-refractivity contribution in [2.45, 2.75) is 13.3 Å². The van der Waals surface area contributed by atoms with Crippen molar-refractivity contribution in [3.63, 3.8) is 0 Å². The molecule has 2 rings (SSSR count). The molecule has 0 saturated carbocycles. The van der Waals surface area contributed by atoms with E-state index in [1.54, 1.807) is 24.3 Å². The summed E-state index contributed by atoms with van der Waals surface area (Å²) in [7, 11) is 0. The normalized spacial score (nSPS) is 11.2. The lowest BCUT2D eigenvalue weighted by molar-refractivity contribution is -0.274. The molecule has 0 amide bonds. The average Bonchev–Trinajstić information content (AvgIpc) is 2.31. The van der Waals surface area contributed by atoms with Crippen LogP contribution >= 0.6 is 0 Å². The lowest BCUT2D eigenvalue weighted by Crippen LogP contribution is -2.17. The van der Waals surface area contributed by atoms with Crippen LogP contribution in [0.15, 0.2) is 42.5 Å². The molecule has 2 aromatic rings. The molecular weight excluding hydrogens is 269 g/mol. The summed E-state index contributed by atoms with van der Waals surface area (Å²) in [5.74, 6) is -0.268. The number of hydrogen-bond acceptors (Lipinski definition) is 3. The molecule has 3 N–H and O–H groups in total. The first-order valence-electron chi connectivity index (χ1n) is 5.82. The molecular formula is C14H13F3N2O. The van der Waals surface area contributed by atoms with Crippen molar-refractivity contribution in [3.05, 3.63) is 48.0 Å². The van der Waals surface area contributed by atoms with Gasteiger partial charge < -0.3 is 15.8 Å². The van der Waals surface area contributed by atoms with E-state index in [9.17, 15) is 13.2 Å². The molecule has 6 heteroatoms. The minimum atomic E-state index is -4.70. The van der Waals surface area contributed by atoms with Gasteiger partial charge in [-0.3, -0.25) is 0 Å². The second-order valence-electron chi connectivity index (χ2n) is 4.27. The predicted molar refractivity (Wildman–Crippen MR) is 72.0 cm³/mol. The molecule has 0 spiro atoms. The van der Waals surface area contributed by atoms with E-state index in [1.165, 1.54) is 18.2 Å². The number of alkyl halides is 3. The van der Waals surface area contributed by atoms with Crippen molar-refractivity contribution in [1.29, 1.82) is 0 Å². The number of rotatable bonds is 3. The molecule has 0 aliphatic heterocycles. The van der Waals surface area contributed by atoms with Crippen LogP contribution in [0.25, 0.3) is 0 Å². The lowest BCUT2D eigenvalue weighted by Gasteiger charge is -2.13. The Hall–Kier alpha value is -2.37. The van der Waals surface area contributed by atoms with E-state index in [-0.39, 0.29) is 5.75 Å². The maximum atomic E-state index is 12.2. The highest BCUT2D eigenvalue weighted by molar-refractivity contribution is 5.66. The van der Waals surface area contributed by atoms with Gasteiger partial charge in [-0.05, 0) is 42.8 Å². The summed E-state index contributed by atoms with van der Waals surface area (Å²) in [6.45, 7) is 1.86. The Balaban J connectivity index is 2.19. The molecule has 0 aromatic heterocycles. The van der Waals surface area contributed by atoms with E-state index in [2.05, 4.69) is 10.1 Å². The van der Waals surface area contributed by atoms with Crippen molar-refractivity contribution in [2.24, 2.45) is 0 Å². The third kappa shape index (κ3) is 3.81. The number of aryl methyl sites for hydroxylation is 1. The van der Waals surface area contributed by atoms with Crippen molar-refractivity contribution in [2.75, 3.05) is 11.1 Å². The van der Waals surface area contributed by atoms with Crippen molar-refractivity contribution in [3.8, 4) is 5.75 Å². The Morgan fingerprint density at radius 2 is 1.85 bits per heavy atom. The molecule has 3 nitrogen and oxygen atoms in total. The fourth-order valence-corrected chi connectivity index (χ4v) is 1.75. The van der Waals surface area contributed by atoms with E-state index < -0.39 is 6.36 Å². The molecule has 0 unspecified atom stereocenters. The zero-order valence-electron chi connectivity index (χ0n) is 10.7. The third-order valence-electron chi connectivity index (χ3n) is 2.60. The highest BCUT2D eigenvalue weighted by Gasteiger charge is 2.31. The Kier molecular flexibility index (Phi) is 3.74. The Morgan fingerprint density at radius 1 is 1.10 bits per heavy atom. The van der Waals surface area contributed by atoms with Crippen molar-refractivity contribution >= 4 is 17.1 Å². The fourth-order valence-electron chi connectivity index (χ4n) is 1.75. The minimum absolute atomic E-state index is 0.268. The molecule has 0 fully saturated rings. The second-order valence-corrected chi connectivity index (χ2v) is 4.27. The average molecular weight is 282 g/mol. The second kappa shape index (κ2) is 5.32. The van der Waals surface area contributed by atoms with Crippen molar-refractivity contribution < 1.29 is 17.9 Å². The van der Waals surface area contributed by atoms with Gasteiger partial charge in [-0.1, -0.05) is 6.07 Å². The molecule has 2 aromatic carbocycles. The summed E-state index contributed by atoms with van der Waals surface area (Å²) >= 11 is 0. The first-order chi connectivity index (χ1) is 9.33. The van der Waals surface area contributed by atoms with Gasteiger partial charge in [0.15, 0.2) is 0 Å². The van der Waals surface area contributed by atoms with Crippen LogP contribution in [0.3, 0.4) is 0 Å². The van der Waals surface area contributed by atoms with Gasteiger partial charge in [-0.2, -0.15) is 0 Å². The number of hydrogen-bond donors (Lipinski definition) is 2. The smallest absolute Gasteiger partial charge is 0.406 e. The minimum Gasteiger partial charge on any atom is -0.406 e. The van der Waals surface area contributed by atoms with Gasteiger partial charge in [0.05, 0.1) is 0 Å². The molecule has 0 aliphatic carbocycles. The predicted octanol–water partition coefficient (Wildman–Crippen LogP) is 4.22. The molecule has 106 valence electrons. The van der Waals surface area contributed by atoms with Crippen LogP contribution in [0.4, 0.5) is 30.2 Å². The van der Waals surface area contributed by atoms with Gasteiger partial charge in [0.25, 0.3) is 0 Å². The number of ether oxygens (including phenoxy) is 1. The third-order valence-corrected chi connectivity index (χ3v) is 2.60. The molecule has 0 radical (unpaired) electrons.